The van der Waals surface area contributed by atoms with Gasteiger partial charge in [0.1, 0.15) is 18.2 Å². The average Bonchev–Trinajstić information content (AvgIpc) is 3.18. The van der Waals surface area contributed by atoms with Crippen LogP contribution in [0.25, 0.3) is 0 Å². The third-order valence-corrected chi connectivity index (χ3v) is 5.88. The summed E-state index contributed by atoms with van der Waals surface area (Å²) in [6.45, 7) is 4.12. The molecule has 0 spiro atoms. The number of hydrogen-bond acceptors (Lipinski definition) is 5. The maximum Gasteiger partial charge on any atom is 0.255 e. The number of ether oxygens (including phenoxy) is 1. The van der Waals surface area contributed by atoms with Gasteiger partial charge >= 0.3 is 0 Å². The molecule has 3 aromatic rings. The van der Waals surface area contributed by atoms with Gasteiger partial charge in [0.05, 0.1) is 22.1 Å². The summed E-state index contributed by atoms with van der Waals surface area (Å²) in [4.78, 5) is 19.4. The Morgan fingerprint density at radius 3 is 2.80 bits per heavy atom. The van der Waals surface area contributed by atoms with Gasteiger partial charge in [0.15, 0.2) is 0 Å². The van der Waals surface area contributed by atoms with E-state index in [-0.39, 0.29) is 11.7 Å². The van der Waals surface area contributed by atoms with E-state index in [2.05, 4.69) is 15.2 Å². The number of hydrogen-bond donors (Lipinski definition) is 1. The maximum absolute atomic E-state index is 13.9. The summed E-state index contributed by atoms with van der Waals surface area (Å²) in [7, 11) is 0. The zero-order valence-electron chi connectivity index (χ0n) is 16.9. The molecule has 0 unspecified atom stereocenters. The topological polar surface area (TPSA) is 54.5 Å². The molecule has 0 atom stereocenters. The summed E-state index contributed by atoms with van der Waals surface area (Å²) < 4.78 is 19.7. The number of rotatable bonds is 6. The van der Waals surface area contributed by atoms with Crippen LogP contribution < -0.4 is 15.0 Å². The Morgan fingerprint density at radius 1 is 1.20 bits per heavy atom. The van der Waals surface area contributed by atoms with Crippen molar-refractivity contribution in [2.45, 2.75) is 32.8 Å². The number of carbonyl (C=O) groups excluding carboxylic acids is 1. The first-order valence-corrected chi connectivity index (χ1v) is 11.0. The Balaban J connectivity index is 1.48. The van der Waals surface area contributed by atoms with E-state index < -0.39 is 0 Å². The van der Waals surface area contributed by atoms with Crippen LogP contribution in [0.4, 0.5) is 15.8 Å². The lowest BCUT2D eigenvalue weighted by molar-refractivity contribution is 0.102. The minimum Gasteiger partial charge on any atom is -0.487 e. The van der Waals surface area contributed by atoms with Gasteiger partial charge in [-0.05, 0) is 62.6 Å². The van der Waals surface area contributed by atoms with E-state index in [1.165, 1.54) is 18.6 Å². The van der Waals surface area contributed by atoms with Crippen LogP contribution >= 0.6 is 11.3 Å². The predicted octanol–water partition coefficient (Wildman–Crippen LogP) is 5.41. The highest BCUT2D eigenvalue weighted by atomic mass is 32.1. The van der Waals surface area contributed by atoms with Crippen molar-refractivity contribution in [1.82, 2.24) is 4.98 Å². The van der Waals surface area contributed by atoms with Crippen LogP contribution in [0.1, 0.15) is 40.3 Å². The van der Waals surface area contributed by atoms with Crippen molar-refractivity contribution in [3.63, 3.8) is 0 Å². The molecule has 2 aromatic carbocycles. The van der Waals surface area contributed by atoms with Gasteiger partial charge in [-0.15, -0.1) is 11.3 Å². The molecule has 1 aromatic heterocycles. The zero-order valence-corrected chi connectivity index (χ0v) is 17.7. The number of aromatic nitrogens is 1. The monoisotopic (exact) mass is 425 g/mol. The number of benzene rings is 2. The van der Waals surface area contributed by atoms with Crippen LogP contribution in [0.15, 0.2) is 47.8 Å². The fraction of sp³-hybridized carbons (Fsp3) is 0.304. The lowest BCUT2D eigenvalue weighted by Gasteiger charge is -2.30. The van der Waals surface area contributed by atoms with Crippen molar-refractivity contribution in [2.75, 3.05) is 23.3 Å². The molecule has 2 heterocycles. The SMILES string of the molecule is Cc1nc(COc2cccc(C(=O)Nc3cc(F)ccc3N3CCCCC3)c2)cs1. The Hall–Kier alpha value is -2.93. The standard InChI is InChI=1S/C23H24FN3O2S/c1-16-25-19(15-30-16)14-29-20-7-5-6-17(12-20)23(28)26-21-13-18(24)8-9-22(21)27-10-3-2-4-11-27/h5-9,12-13,15H,2-4,10-11,14H2,1H3,(H,26,28). The molecule has 1 saturated heterocycles. The summed E-state index contributed by atoms with van der Waals surface area (Å²) >= 11 is 1.57. The number of halogens is 1. The number of amides is 1. The van der Waals surface area contributed by atoms with Crippen LogP contribution in [-0.4, -0.2) is 24.0 Å². The first kappa shape index (κ1) is 20.3. The van der Waals surface area contributed by atoms with Crippen molar-refractivity contribution >= 4 is 28.6 Å². The molecule has 1 amide bonds. The van der Waals surface area contributed by atoms with Gasteiger partial charge in [0, 0.05) is 24.0 Å². The second kappa shape index (κ2) is 9.26. The van der Waals surface area contributed by atoms with Gasteiger partial charge < -0.3 is 15.0 Å². The molecule has 1 aliphatic rings. The van der Waals surface area contributed by atoms with Gasteiger partial charge in [0.25, 0.3) is 5.91 Å². The molecule has 1 aliphatic heterocycles. The van der Waals surface area contributed by atoms with Crippen LogP contribution in [0.2, 0.25) is 0 Å². The normalized spacial score (nSPS) is 13.9. The van der Waals surface area contributed by atoms with E-state index in [1.54, 1.807) is 41.7 Å². The first-order valence-electron chi connectivity index (χ1n) is 10.1. The van der Waals surface area contributed by atoms with E-state index >= 15 is 0 Å². The van der Waals surface area contributed by atoms with Crippen LogP contribution in [0.5, 0.6) is 5.75 Å². The summed E-state index contributed by atoms with van der Waals surface area (Å²) in [5.74, 6) is -0.0840. The fourth-order valence-electron chi connectivity index (χ4n) is 3.57. The van der Waals surface area contributed by atoms with Gasteiger partial charge in [-0.25, -0.2) is 9.37 Å². The smallest absolute Gasteiger partial charge is 0.255 e. The highest BCUT2D eigenvalue weighted by Crippen LogP contribution is 2.30. The second-order valence-corrected chi connectivity index (χ2v) is 8.40. The molecule has 30 heavy (non-hydrogen) atoms. The van der Waals surface area contributed by atoms with Crippen LogP contribution in [0.3, 0.4) is 0 Å². The second-order valence-electron chi connectivity index (χ2n) is 7.34. The Kier molecular flexibility index (Phi) is 6.28. The molecule has 0 aliphatic carbocycles. The third kappa shape index (κ3) is 4.97. The molecule has 5 nitrogen and oxygen atoms in total. The van der Waals surface area contributed by atoms with Crippen LogP contribution in [-0.2, 0) is 6.61 Å². The summed E-state index contributed by atoms with van der Waals surface area (Å²) in [6.07, 6.45) is 3.40. The van der Waals surface area contributed by atoms with E-state index in [9.17, 15) is 9.18 Å². The summed E-state index contributed by atoms with van der Waals surface area (Å²) in [5.41, 5.74) is 2.66. The van der Waals surface area contributed by atoms with Gasteiger partial charge in [0.2, 0.25) is 0 Å². The molecule has 0 bridgehead atoms. The number of carbonyl (C=O) groups is 1. The number of aryl methyl sites for hydroxylation is 1. The van der Waals surface area contributed by atoms with Gasteiger partial charge in [-0.2, -0.15) is 0 Å². The molecule has 7 heteroatoms. The average molecular weight is 426 g/mol. The molecule has 0 radical (unpaired) electrons. The van der Waals surface area contributed by atoms with Crippen molar-refractivity contribution in [2.24, 2.45) is 0 Å². The number of thiazole rings is 1. The minimum absolute atomic E-state index is 0.297. The van der Waals surface area contributed by atoms with E-state index in [4.69, 9.17) is 4.74 Å². The highest BCUT2D eigenvalue weighted by Gasteiger charge is 2.17. The van der Waals surface area contributed by atoms with Crippen molar-refractivity contribution in [3.8, 4) is 5.75 Å². The fourth-order valence-corrected chi connectivity index (χ4v) is 4.17. The molecular weight excluding hydrogens is 401 g/mol. The van der Waals surface area contributed by atoms with E-state index in [0.717, 1.165) is 42.3 Å². The number of anilines is 2. The molecular formula is C23H24FN3O2S. The minimum atomic E-state index is -0.373. The van der Waals surface area contributed by atoms with Crippen molar-refractivity contribution in [3.05, 3.63) is 69.9 Å². The zero-order chi connectivity index (χ0) is 20.9. The number of nitrogens with zero attached hydrogens (tertiary/aromatic N) is 2. The lowest BCUT2D eigenvalue weighted by Crippen LogP contribution is -2.30. The quantitative estimate of drug-likeness (QED) is 0.574. The maximum atomic E-state index is 13.9. The number of nitrogens with one attached hydrogen (secondary N) is 1. The first-order chi connectivity index (χ1) is 14.6. The molecule has 156 valence electrons. The lowest BCUT2D eigenvalue weighted by atomic mass is 10.1. The highest BCUT2D eigenvalue weighted by molar-refractivity contribution is 7.09. The summed E-state index contributed by atoms with van der Waals surface area (Å²) in [5, 5.41) is 5.83. The largest absolute Gasteiger partial charge is 0.487 e. The molecule has 4 rings (SSSR count). The van der Waals surface area contributed by atoms with Crippen molar-refractivity contribution < 1.29 is 13.9 Å². The Morgan fingerprint density at radius 2 is 2.03 bits per heavy atom. The van der Waals surface area contributed by atoms with Crippen molar-refractivity contribution in [1.29, 1.82) is 0 Å². The molecule has 0 saturated carbocycles. The molecule has 1 fully saturated rings. The predicted molar refractivity (Wildman–Crippen MR) is 118 cm³/mol. The van der Waals surface area contributed by atoms with Crippen LogP contribution in [0, 0.1) is 12.7 Å². The Bertz CT molecular complexity index is 1030. The van der Waals surface area contributed by atoms with E-state index in [1.807, 2.05) is 12.3 Å². The van der Waals surface area contributed by atoms with E-state index in [0.29, 0.717) is 23.6 Å². The number of piperidine rings is 1. The third-order valence-electron chi connectivity index (χ3n) is 5.05. The van der Waals surface area contributed by atoms with Gasteiger partial charge in [-0.1, -0.05) is 6.07 Å². The molecule has 1 N–H and O–H groups in total. The van der Waals surface area contributed by atoms with Gasteiger partial charge in [-0.3, -0.25) is 4.79 Å². The summed E-state index contributed by atoms with van der Waals surface area (Å²) in [6, 6.07) is 11.5. The Labute approximate surface area is 179 Å².